The Labute approximate surface area is 150 Å². The Morgan fingerprint density at radius 2 is 2.12 bits per heavy atom. The quantitative estimate of drug-likeness (QED) is 0.421. The van der Waals surface area contributed by atoms with Gasteiger partial charge in [-0.25, -0.2) is 9.78 Å². The van der Waals surface area contributed by atoms with Gasteiger partial charge in [0.15, 0.2) is 5.16 Å². The van der Waals surface area contributed by atoms with Gasteiger partial charge in [-0.05, 0) is 31.1 Å². The van der Waals surface area contributed by atoms with Gasteiger partial charge in [0.05, 0.1) is 12.0 Å². The first-order valence-electron chi connectivity index (χ1n) is 8.18. The number of hydrogen-bond acceptors (Lipinski definition) is 6. The van der Waals surface area contributed by atoms with Gasteiger partial charge in [-0.15, -0.1) is 11.3 Å². The molecule has 132 valence electrons. The number of thioether (sulfide) groups is 1. The number of rotatable bonds is 7. The molecule has 7 heteroatoms. The zero-order chi connectivity index (χ0) is 17.9. The van der Waals surface area contributed by atoms with Crippen molar-refractivity contribution in [1.82, 2.24) is 9.55 Å². The molecule has 0 aromatic carbocycles. The molecule has 2 aromatic rings. The van der Waals surface area contributed by atoms with Crippen molar-refractivity contribution in [3.63, 3.8) is 0 Å². The summed E-state index contributed by atoms with van der Waals surface area (Å²) in [6.07, 6.45) is 3.22. The van der Waals surface area contributed by atoms with Gasteiger partial charge in [0.25, 0.3) is 5.56 Å². The molecule has 0 N–H and O–H groups in total. The van der Waals surface area contributed by atoms with Crippen molar-refractivity contribution < 1.29 is 9.53 Å². The predicted octanol–water partition coefficient (Wildman–Crippen LogP) is 3.89. The summed E-state index contributed by atoms with van der Waals surface area (Å²) in [4.78, 5) is 31.9. The highest BCUT2D eigenvalue weighted by atomic mass is 32.2. The summed E-state index contributed by atoms with van der Waals surface area (Å²) in [6, 6.07) is 1.25. The zero-order valence-electron chi connectivity index (χ0n) is 14.8. The van der Waals surface area contributed by atoms with Crippen molar-refractivity contribution in [2.24, 2.45) is 5.92 Å². The molecule has 0 saturated heterocycles. The molecule has 0 saturated carbocycles. The highest BCUT2D eigenvalue weighted by Gasteiger charge is 2.26. The van der Waals surface area contributed by atoms with Crippen LogP contribution in [0.5, 0.6) is 0 Å². The predicted molar refractivity (Wildman–Crippen MR) is 100 cm³/mol. The number of thiophene rings is 1. The van der Waals surface area contributed by atoms with E-state index in [2.05, 4.69) is 11.9 Å². The van der Waals surface area contributed by atoms with Crippen LogP contribution in [0.2, 0.25) is 0 Å². The van der Waals surface area contributed by atoms with Gasteiger partial charge in [-0.1, -0.05) is 39.5 Å². The normalized spacial score (nSPS) is 12.8. The molecule has 0 radical (unpaired) electrons. The fraction of sp³-hybridized carbons (Fsp3) is 0.588. The van der Waals surface area contributed by atoms with Crippen LogP contribution in [0.4, 0.5) is 0 Å². The third kappa shape index (κ3) is 3.83. The van der Waals surface area contributed by atoms with Gasteiger partial charge >= 0.3 is 5.97 Å². The molecule has 2 aromatic heterocycles. The standard InChI is InChI=1S/C17H24N2O3S2/c1-6-11-8-12-14(24-11)18-17(23-5)19(15(12)20)13(7-2)16(21)22-9-10(3)4/h8,10,13H,6-7,9H2,1-5H3. The van der Waals surface area contributed by atoms with Crippen LogP contribution in [0, 0.1) is 5.92 Å². The summed E-state index contributed by atoms with van der Waals surface area (Å²) in [5.74, 6) is -0.108. The van der Waals surface area contributed by atoms with Crippen LogP contribution in [0.1, 0.15) is 45.0 Å². The molecule has 1 atom stereocenters. The summed E-state index contributed by atoms with van der Waals surface area (Å²) in [5.41, 5.74) is -0.159. The van der Waals surface area contributed by atoms with Gasteiger partial charge in [-0.2, -0.15) is 0 Å². The molecule has 0 aliphatic heterocycles. The summed E-state index contributed by atoms with van der Waals surface area (Å²) < 4.78 is 6.87. The fourth-order valence-electron chi connectivity index (χ4n) is 2.42. The smallest absolute Gasteiger partial charge is 0.329 e. The van der Waals surface area contributed by atoms with E-state index in [1.54, 1.807) is 0 Å². The van der Waals surface area contributed by atoms with Crippen LogP contribution in [0.15, 0.2) is 16.0 Å². The second-order valence-corrected chi connectivity index (χ2v) is 7.90. The maximum absolute atomic E-state index is 13.0. The first-order chi connectivity index (χ1) is 11.4. The van der Waals surface area contributed by atoms with E-state index in [4.69, 9.17) is 4.74 Å². The van der Waals surface area contributed by atoms with Crippen LogP contribution in [-0.4, -0.2) is 28.4 Å². The molecule has 0 fully saturated rings. The van der Waals surface area contributed by atoms with Gasteiger partial charge < -0.3 is 4.74 Å². The number of aromatic nitrogens is 2. The van der Waals surface area contributed by atoms with Crippen molar-refractivity contribution in [3.8, 4) is 0 Å². The lowest BCUT2D eigenvalue weighted by Gasteiger charge is -2.20. The van der Waals surface area contributed by atoms with E-state index < -0.39 is 6.04 Å². The molecule has 5 nitrogen and oxygen atoms in total. The summed E-state index contributed by atoms with van der Waals surface area (Å²) >= 11 is 2.92. The van der Waals surface area contributed by atoms with Crippen LogP contribution in [0.25, 0.3) is 10.2 Å². The molecule has 0 aliphatic carbocycles. The average molecular weight is 369 g/mol. The molecule has 0 amide bonds. The van der Waals surface area contributed by atoms with E-state index in [1.165, 1.54) is 27.7 Å². The molecule has 24 heavy (non-hydrogen) atoms. The van der Waals surface area contributed by atoms with E-state index in [9.17, 15) is 9.59 Å². The molecule has 0 aliphatic rings. The second-order valence-electron chi connectivity index (χ2n) is 6.01. The third-order valence-corrected chi connectivity index (χ3v) is 5.50. The highest BCUT2D eigenvalue weighted by Crippen LogP contribution is 2.27. The van der Waals surface area contributed by atoms with Gasteiger partial charge in [0.1, 0.15) is 10.9 Å². The van der Waals surface area contributed by atoms with Crippen molar-refractivity contribution in [2.45, 2.75) is 51.7 Å². The van der Waals surface area contributed by atoms with Crippen molar-refractivity contribution in [3.05, 3.63) is 21.3 Å². The Morgan fingerprint density at radius 1 is 1.42 bits per heavy atom. The molecule has 0 spiro atoms. The first-order valence-corrected chi connectivity index (χ1v) is 10.2. The Morgan fingerprint density at radius 3 is 2.67 bits per heavy atom. The SMILES string of the molecule is CCc1cc2c(=O)n(C(CC)C(=O)OCC(C)C)c(SC)nc2s1. The lowest BCUT2D eigenvalue weighted by molar-refractivity contribution is -0.149. The van der Waals surface area contributed by atoms with E-state index in [0.717, 1.165) is 16.1 Å². The maximum atomic E-state index is 13.0. The van der Waals surface area contributed by atoms with Crippen LogP contribution < -0.4 is 5.56 Å². The molecular weight excluding hydrogens is 344 g/mol. The van der Waals surface area contributed by atoms with Gasteiger partial charge in [-0.3, -0.25) is 9.36 Å². The number of ether oxygens (including phenoxy) is 1. The fourth-order valence-corrected chi connectivity index (χ4v) is 4.02. The lowest BCUT2D eigenvalue weighted by Crippen LogP contribution is -2.33. The van der Waals surface area contributed by atoms with Gasteiger partial charge in [0, 0.05) is 4.88 Å². The number of aryl methyl sites for hydroxylation is 1. The molecule has 0 bridgehead atoms. The average Bonchev–Trinajstić information content (AvgIpc) is 2.98. The first kappa shape index (κ1) is 19.0. The Hall–Kier alpha value is -1.34. The van der Waals surface area contributed by atoms with Gasteiger partial charge in [0.2, 0.25) is 0 Å². The van der Waals surface area contributed by atoms with E-state index in [0.29, 0.717) is 23.6 Å². The zero-order valence-corrected chi connectivity index (χ0v) is 16.4. The topological polar surface area (TPSA) is 61.2 Å². The Bertz CT molecular complexity index is 780. The third-order valence-electron chi connectivity index (χ3n) is 3.68. The number of carbonyl (C=O) groups is 1. The van der Waals surface area contributed by atoms with Crippen LogP contribution in [-0.2, 0) is 16.0 Å². The Kier molecular flexibility index (Phi) is 6.46. The van der Waals surface area contributed by atoms with Crippen molar-refractivity contribution in [2.75, 3.05) is 12.9 Å². The van der Waals surface area contributed by atoms with Crippen LogP contribution >= 0.6 is 23.1 Å². The number of esters is 1. The van der Waals surface area contributed by atoms with E-state index in [-0.39, 0.29) is 17.4 Å². The number of nitrogens with zero attached hydrogens (tertiary/aromatic N) is 2. The number of hydrogen-bond donors (Lipinski definition) is 0. The summed E-state index contributed by atoms with van der Waals surface area (Å²) in [6.45, 7) is 8.26. The Balaban J connectivity index is 2.53. The second kappa shape index (κ2) is 8.16. The monoisotopic (exact) mass is 368 g/mol. The number of carbonyl (C=O) groups excluding carboxylic acids is 1. The number of fused-ring (bicyclic) bond motifs is 1. The highest BCUT2D eigenvalue weighted by molar-refractivity contribution is 7.98. The van der Waals surface area contributed by atoms with Crippen molar-refractivity contribution in [1.29, 1.82) is 0 Å². The van der Waals surface area contributed by atoms with E-state index >= 15 is 0 Å². The lowest BCUT2D eigenvalue weighted by atomic mass is 10.2. The van der Waals surface area contributed by atoms with Crippen LogP contribution in [0.3, 0.4) is 0 Å². The van der Waals surface area contributed by atoms with E-state index in [1.807, 2.05) is 33.1 Å². The molecular formula is C17H24N2O3S2. The minimum absolute atomic E-state index is 0.159. The minimum Gasteiger partial charge on any atom is -0.464 e. The van der Waals surface area contributed by atoms with Crippen molar-refractivity contribution >= 4 is 39.3 Å². The summed E-state index contributed by atoms with van der Waals surface area (Å²) in [5, 5.41) is 1.15. The maximum Gasteiger partial charge on any atom is 0.329 e. The molecule has 1 unspecified atom stereocenters. The molecule has 2 heterocycles. The summed E-state index contributed by atoms with van der Waals surface area (Å²) in [7, 11) is 0. The molecule has 2 rings (SSSR count). The largest absolute Gasteiger partial charge is 0.464 e. The minimum atomic E-state index is -0.638.